The van der Waals surface area contributed by atoms with Crippen LogP contribution in [0.25, 0.3) is 0 Å². The molecule has 0 aliphatic carbocycles. The first-order valence-electron chi connectivity index (χ1n) is 8.41. The summed E-state index contributed by atoms with van der Waals surface area (Å²) in [7, 11) is 2.69. The zero-order valence-electron chi connectivity index (χ0n) is 15.8. The highest BCUT2D eigenvalue weighted by molar-refractivity contribution is 7.71. The van der Waals surface area contributed by atoms with E-state index in [9.17, 15) is 13.6 Å². The molecule has 1 aromatic carbocycles. The molecule has 0 aliphatic rings. The van der Waals surface area contributed by atoms with Gasteiger partial charge in [-0.2, -0.15) is 14.9 Å². The van der Waals surface area contributed by atoms with Gasteiger partial charge < -0.3 is 18.6 Å². The van der Waals surface area contributed by atoms with Crippen LogP contribution in [-0.2, 0) is 11.3 Å². The molecule has 2 heterocycles. The number of nitrogens with zero attached hydrogens (tertiary/aromatic N) is 3. The van der Waals surface area contributed by atoms with Crippen molar-refractivity contribution < 1.29 is 32.2 Å². The molecule has 0 aliphatic heterocycles. The second kappa shape index (κ2) is 9.31. The van der Waals surface area contributed by atoms with Gasteiger partial charge in [-0.3, -0.25) is 0 Å². The van der Waals surface area contributed by atoms with Gasteiger partial charge in [0.25, 0.3) is 6.43 Å². The Labute approximate surface area is 173 Å². The average Bonchev–Trinajstić information content (AvgIpc) is 3.36. The Bertz CT molecular complexity index is 1120. The van der Waals surface area contributed by atoms with Gasteiger partial charge in [0.1, 0.15) is 12.4 Å². The quantitative estimate of drug-likeness (QED) is 0.325. The fourth-order valence-electron chi connectivity index (χ4n) is 2.44. The number of H-pyrrole nitrogens is 1. The number of para-hydroxylation sites is 1. The number of aromatic amines is 1. The number of benzene rings is 1. The van der Waals surface area contributed by atoms with E-state index in [0.717, 1.165) is 4.68 Å². The summed E-state index contributed by atoms with van der Waals surface area (Å²) >= 11 is 4.93. The van der Waals surface area contributed by atoms with Gasteiger partial charge in [-0.25, -0.2) is 18.7 Å². The van der Waals surface area contributed by atoms with E-state index in [1.54, 1.807) is 24.3 Å². The van der Waals surface area contributed by atoms with E-state index >= 15 is 0 Å². The lowest BCUT2D eigenvalue weighted by atomic mass is 10.2. The van der Waals surface area contributed by atoms with Gasteiger partial charge >= 0.3 is 5.97 Å². The lowest BCUT2D eigenvalue weighted by Gasteiger charge is -2.12. The Morgan fingerprint density at radius 2 is 2.17 bits per heavy atom. The third-order valence-electron chi connectivity index (χ3n) is 3.82. The molecule has 0 fully saturated rings. The summed E-state index contributed by atoms with van der Waals surface area (Å²) in [5.41, 5.74) is 0.428. The molecular weight excluding hydrogens is 422 g/mol. The molecule has 3 rings (SSSR count). The number of carbonyl (C=O) groups excluding carboxylic acids is 1. The van der Waals surface area contributed by atoms with E-state index in [1.807, 2.05) is 0 Å². The minimum Gasteiger partial charge on any atom is -0.493 e. The molecule has 3 aromatic rings. The number of alkyl halides is 2. The summed E-state index contributed by atoms with van der Waals surface area (Å²) in [5, 5.41) is 9.71. The number of carbonyl (C=O) groups is 1. The van der Waals surface area contributed by atoms with Crippen LogP contribution in [0.2, 0.25) is 0 Å². The van der Waals surface area contributed by atoms with Gasteiger partial charge in [0.05, 0.1) is 20.4 Å². The molecule has 0 atom stereocenters. The summed E-state index contributed by atoms with van der Waals surface area (Å²) in [6, 6.07) is 8.01. The number of ether oxygens (including phenoxy) is 3. The monoisotopic (exact) mass is 438 g/mol. The molecule has 158 valence electrons. The fraction of sp³-hybridized carbons (Fsp3) is 0.222. The van der Waals surface area contributed by atoms with Crippen LogP contribution in [-0.4, -0.2) is 41.3 Å². The topological polar surface area (TPSA) is 104 Å². The Morgan fingerprint density at radius 3 is 2.87 bits per heavy atom. The number of hydrogen-bond donors (Lipinski definition) is 1. The Kier molecular flexibility index (Phi) is 6.57. The van der Waals surface area contributed by atoms with Gasteiger partial charge in [0.15, 0.2) is 11.5 Å². The molecular formula is C18H16F2N4O5S. The molecule has 0 spiro atoms. The minimum absolute atomic E-state index is 0.0341. The van der Waals surface area contributed by atoms with Crippen molar-refractivity contribution in [1.29, 1.82) is 0 Å². The third kappa shape index (κ3) is 4.54. The van der Waals surface area contributed by atoms with Crippen molar-refractivity contribution in [2.24, 2.45) is 5.10 Å². The molecule has 12 heteroatoms. The van der Waals surface area contributed by atoms with Crippen LogP contribution in [0, 0.1) is 4.77 Å². The summed E-state index contributed by atoms with van der Waals surface area (Å²) in [4.78, 5) is 11.5. The average molecular weight is 438 g/mol. The van der Waals surface area contributed by atoms with Gasteiger partial charge in [-0.15, -0.1) is 0 Å². The van der Waals surface area contributed by atoms with Crippen molar-refractivity contribution in [2.75, 3.05) is 14.2 Å². The first-order chi connectivity index (χ1) is 14.4. The van der Waals surface area contributed by atoms with Gasteiger partial charge in [0, 0.05) is 5.56 Å². The van der Waals surface area contributed by atoms with E-state index in [1.165, 1.54) is 26.5 Å². The molecule has 0 saturated carbocycles. The zero-order chi connectivity index (χ0) is 21.7. The number of rotatable bonds is 8. The number of nitrogens with one attached hydrogen (secondary N) is 1. The molecule has 9 nitrogen and oxygen atoms in total. The Balaban J connectivity index is 1.87. The lowest BCUT2D eigenvalue weighted by Crippen LogP contribution is -2.03. The van der Waals surface area contributed by atoms with E-state index in [2.05, 4.69) is 20.0 Å². The first-order valence-corrected chi connectivity index (χ1v) is 8.82. The maximum absolute atomic E-state index is 13.0. The maximum atomic E-state index is 13.0. The van der Waals surface area contributed by atoms with Crippen LogP contribution in [0.5, 0.6) is 11.5 Å². The largest absolute Gasteiger partial charge is 0.493 e. The minimum atomic E-state index is -2.86. The Morgan fingerprint density at radius 1 is 1.37 bits per heavy atom. The molecule has 30 heavy (non-hydrogen) atoms. The van der Waals surface area contributed by atoms with Crippen LogP contribution in [0.1, 0.15) is 34.1 Å². The van der Waals surface area contributed by atoms with Crippen molar-refractivity contribution in [1.82, 2.24) is 14.9 Å². The normalized spacial score (nSPS) is 11.2. The van der Waals surface area contributed by atoms with Gasteiger partial charge in [-0.1, -0.05) is 6.07 Å². The van der Waals surface area contributed by atoms with Crippen molar-refractivity contribution in [3.8, 4) is 11.5 Å². The number of esters is 1. The summed E-state index contributed by atoms with van der Waals surface area (Å²) in [6.45, 7) is -0.0361. The van der Waals surface area contributed by atoms with Crippen molar-refractivity contribution >= 4 is 24.4 Å². The summed E-state index contributed by atoms with van der Waals surface area (Å²) in [6.07, 6.45) is -1.57. The number of furan rings is 1. The predicted octanol–water partition coefficient (Wildman–Crippen LogP) is 3.73. The molecule has 0 radical (unpaired) electrons. The van der Waals surface area contributed by atoms with E-state index in [-0.39, 0.29) is 22.9 Å². The van der Waals surface area contributed by atoms with Crippen LogP contribution >= 0.6 is 12.2 Å². The number of hydrogen-bond acceptors (Lipinski definition) is 8. The molecule has 0 amide bonds. The highest BCUT2D eigenvalue weighted by Gasteiger charge is 2.17. The fourth-order valence-corrected chi connectivity index (χ4v) is 2.62. The molecule has 0 saturated heterocycles. The van der Waals surface area contributed by atoms with Gasteiger partial charge in [0.2, 0.25) is 16.4 Å². The van der Waals surface area contributed by atoms with Crippen LogP contribution in [0.4, 0.5) is 8.78 Å². The zero-order valence-corrected chi connectivity index (χ0v) is 16.6. The highest BCUT2D eigenvalue weighted by atomic mass is 32.1. The second-order valence-electron chi connectivity index (χ2n) is 5.67. The molecule has 0 unspecified atom stereocenters. The van der Waals surface area contributed by atoms with Crippen molar-refractivity contribution in [2.45, 2.75) is 13.0 Å². The SMILES string of the molecule is COC(=O)c1ccc(COc2c(C=Nn3c(C(F)F)n[nH]c3=S)cccc2OC)o1. The maximum Gasteiger partial charge on any atom is 0.373 e. The standard InChI is InChI=1S/C18H16F2N4O5S/c1-26-12-5-3-4-10(8-21-24-16(15(19)20)22-23-18(24)30)14(12)28-9-11-6-7-13(29-11)17(25)27-2/h3-8,15H,9H2,1-2H3,(H,23,30). The molecule has 0 bridgehead atoms. The van der Waals surface area contributed by atoms with Crippen LogP contribution < -0.4 is 9.47 Å². The van der Waals surface area contributed by atoms with E-state index < -0.39 is 18.2 Å². The molecule has 1 N–H and O–H groups in total. The van der Waals surface area contributed by atoms with E-state index in [4.69, 9.17) is 26.1 Å². The molecule has 2 aromatic heterocycles. The second-order valence-corrected chi connectivity index (χ2v) is 6.06. The lowest BCUT2D eigenvalue weighted by molar-refractivity contribution is 0.0561. The Hall–Kier alpha value is -3.54. The third-order valence-corrected chi connectivity index (χ3v) is 4.08. The number of halogens is 2. The van der Waals surface area contributed by atoms with Gasteiger partial charge in [-0.05, 0) is 36.5 Å². The van der Waals surface area contributed by atoms with Crippen LogP contribution in [0.3, 0.4) is 0 Å². The predicted molar refractivity (Wildman–Crippen MR) is 103 cm³/mol. The van der Waals surface area contributed by atoms with Crippen molar-refractivity contribution in [3.63, 3.8) is 0 Å². The number of methoxy groups -OCH3 is 2. The smallest absolute Gasteiger partial charge is 0.373 e. The van der Waals surface area contributed by atoms with Crippen molar-refractivity contribution in [3.05, 3.63) is 58.0 Å². The number of aromatic nitrogens is 3. The van der Waals surface area contributed by atoms with E-state index in [0.29, 0.717) is 17.1 Å². The van der Waals surface area contributed by atoms with Crippen LogP contribution in [0.15, 0.2) is 39.9 Å². The highest BCUT2D eigenvalue weighted by Crippen LogP contribution is 2.31. The summed E-state index contributed by atoms with van der Waals surface area (Å²) in [5.74, 6) is -0.171. The summed E-state index contributed by atoms with van der Waals surface area (Å²) < 4.78 is 47.9. The first kappa shape index (κ1) is 21.2.